The predicted molar refractivity (Wildman–Crippen MR) is 109 cm³/mol. The third-order valence-electron chi connectivity index (χ3n) is 5.51. The van der Waals surface area contributed by atoms with Crippen LogP contribution in [0, 0.1) is 5.82 Å². The van der Waals surface area contributed by atoms with Gasteiger partial charge in [0.15, 0.2) is 0 Å². The van der Waals surface area contributed by atoms with Crippen LogP contribution in [0.1, 0.15) is 18.4 Å². The minimum absolute atomic E-state index is 0.0426. The van der Waals surface area contributed by atoms with Crippen molar-refractivity contribution in [1.29, 1.82) is 0 Å². The van der Waals surface area contributed by atoms with Gasteiger partial charge in [-0.25, -0.2) is 17.5 Å². The molecular weight excluding hydrogens is 413 g/mol. The van der Waals surface area contributed by atoms with Crippen LogP contribution in [-0.2, 0) is 20.2 Å². The first-order valence-electron chi connectivity index (χ1n) is 9.39. The fraction of sp³-hybridized carbons (Fsp3) is 0.300. The first kappa shape index (κ1) is 20.5. The Hall–Kier alpha value is -2.82. The number of benzene rings is 2. The monoisotopic (exact) mass is 433 g/mol. The highest BCUT2D eigenvalue weighted by molar-refractivity contribution is 7.89. The lowest BCUT2D eigenvalue weighted by Crippen LogP contribution is -2.44. The van der Waals surface area contributed by atoms with Gasteiger partial charge in [0.05, 0.1) is 15.9 Å². The second kappa shape index (κ2) is 7.78. The fourth-order valence-electron chi connectivity index (χ4n) is 3.71. The molecule has 3 N–H and O–H groups in total. The number of ether oxygens (including phenoxy) is 1. The van der Waals surface area contributed by atoms with E-state index in [2.05, 4.69) is 14.7 Å². The summed E-state index contributed by atoms with van der Waals surface area (Å²) < 4.78 is 47.3. The van der Waals surface area contributed by atoms with Gasteiger partial charge in [0.25, 0.3) is 0 Å². The van der Waals surface area contributed by atoms with Crippen LogP contribution in [-0.4, -0.2) is 38.1 Å². The Labute approximate surface area is 171 Å². The zero-order valence-corrected chi connectivity index (χ0v) is 16.7. The highest BCUT2D eigenvalue weighted by atomic mass is 32.2. The highest BCUT2D eigenvalue weighted by Gasteiger charge is 2.36. The van der Waals surface area contributed by atoms with Gasteiger partial charge in [-0.05, 0) is 48.7 Å². The van der Waals surface area contributed by atoms with Gasteiger partial charge in [-0.2, -0.15) is 0 Å². The number of nitrogens with one attached hydrogen (secondary N) is 3. The van der Waals surface area contributed by atoms with Crippen LogP contribution in [0.2, 0.25) is 0 Å². The molecule has 30 heavy (non-hydrogen) atoms. The van der Waals surface area contributed by atoms with E-state index in [1.165, 1.54) is 30.3 Å². The van der Waals surface area contributed by atoms with Crippen LogP contribution in [0.15, 0.2) is 56.9 Å². The summed E-state index contributed by atoms with van der Waals surface area (Å²) in [5, 5.41) is 0. The van der Waals surface area contributed by atoms with E-state index >= 15 is 0 Å². The number of aromatic amines is 2. The van der Waals surface area contributed by atoms with Crippen LogP contribution >= 0.6 is 0 Å². The standard InChI is InChI=1S/C20H20FN3O5S/c21-14-3-1-13(2-4-14)20(7-9-29-10-8-20)12-22-30(27,28)15-5-6-16-17(11-15)24-19(26)18(25)23-16/h1-6,11,22H,7-10,12H2,(H,23,25)(H,24,26). The van der Waals surface area contributed by atoms with Crippen molar-refractivity contribution < 1.29 is 17.5 Å². The van der Waals surface area contributed by atoms with E-state index in [0.717, 1.165) is 5.56 Å². The SMILES string of the molecule is O=c1[nH]c2ccc(S(=O)(=O)NCC3(c4ccc(F)cc4)CCOCC3)cc2[nH]c1=O. The van der Waals surface area contributed by atoms with E-state index in [-0.39, 0.29) is 22.8 Å². The number of hydrogen-bond donors (Lipinski definition) is 3. The van der Waals surface area contributed by atoms with Gasteiger partial charge in [0.2, 0.25) is 10.0 Å². The molecule has 158 valence electrons. The summed E-state index contributed by atoms with van der Waals surface area (Å²) in [6, 6.07) is 10.1. The molecule has 0 bridgehead atoms. The molecule has 0 atom stereocenters. The fourth-order valence-corrected chi connectivity index (χ4v) is 4.86. The van der Waals surface area contributed by atoms with E-state index in [0.29, 0.717) is 31.6 Å². The third kappa shape index (κ3) is 3.93. The number of rotatable bonds is 5. The van der Waals surface area contributed by atoms with Crippen molar-refractivity contribution in [3.63, 3.8) is 0 Å². The molecule has 0 saturated carbocycles. The summed E-state index contributed by atoms with van der Waals surface area (Å²) in [6.07, 6.45) is 1.18. The van der Waals surface area contributed by atoms with Gasteiger partial charge in [-0.3, -0.25) is 9.59 Å². The summed E-state index contributed by atoms with van der Waals surface area (Å²) in [7, 11) is -3.91. The Kier molecular flexibility index (Phi) is 5.31. The molecule has 3 aromatic rings. The highest BCUT2D eigenvalue weighted by Crippen LogP contribution is 2.35. The van der Waals surface area contributed by atoms with Crippen LogP contribution in [0.25, 0.3) is 11.0 Å². The summed E-state index contributed by atoms with van der Waals surface area (Å²) >= 11 is 0. The summed E-state index contributed by atoms with van der Waals surface area (Å²) in [5.41, 5.74) is -0.808. The number of aromatic nitrogens is 2. The number of sulfonamides is 1. The van der Waals surface area contributed by atoms with Crippen molar-refractivity contribution in [2.24, 2.45) is 0 Å². The zero-order chi connectivity index (χ0) is 21.4. The van der Waals surface area contributed by atoms with Crippen LogP contribution in [0.5, 0.6) is 0 Å². The minimum atomic E-state index is -3.91. The van der Waals surface area contributed by atoms with Gasteiger partial charge >= 0.3 is 11.1 Å². The largest absolute Gasteiger partial charge is 0.381 e. The molecule has 0 radical (unpaired) electrons. The van der Waals surface area contributed by atoms with Gasteiger partial charge in [-0.1, -0.05) is 12.1 Å². The quantitative estimate of drug-likeness (QED) is 0.525. The molecule has 0 unspecified atom stereocenters. The normalized spacial score (nSPS) is 16.6. The molecule has 1 fully saturated rings. The van der Waals surface area contributed by atoms with Gasteiger partial charge in [0.1, 0.15) is 5.82 Å². The smallest absolute Gasteiger partial charge is 0.314 e. The van der Waals surface area contributed by atoms with Gasteiger partial charge in [-0.15, -0.1) is 0 Å². The van der Waals surface area contributed by atoms with Crippen molar-refractivity contribution in [3.8, 4) is 0 Å². The van der Waals surface area contributed by atoms with Gasteiger partial charge in [0, 0.05) is 25.2 Å². The second-order valence-electron chi connectivity index (χ2n) is 7.34. The summed E-state index contributed by atoms with van der Waals surface area (Å²) in [6.45, 7) is 1.07. The van der Waals surface area contributed by atoms with E-state index in [4.69, 9.17) is 4.74 Å². The molecule has 1 saturated heterocycles. The molecule has 8 nitrogen and oxygen atoms in total. The molecule has 0 amide bonds. The van der Waals surface area contributed by atoms with E-state index < -0.39 is 26.6 Å². The molecule has 10 heteroatoms. The predicted octanol–water partition coefficient (Wildman–Crippen LogP) is 1.38. The zero-order valence-electron chi connectivity index (χ0n) is 15.9. The van der Waals surface area contributed by atoms with Crippen LogP contribution in [0.4, 0.5) is 4.39 Å². The van der Waals surface area contributed by atoms with E-state index in [1.807, 2.05) is 0 Å². The molecule has 4 rings (SSSR count). The van der Waals surface area contributed by atoms with Crippen molar-refractivity contribution in [1.82, 2.24) is 14.7 Å². The Morgan fingerprint density at radius 3 is 2.27 bits per heavy atom. The first-order chi connectivity index (χ1) is 14.3. The van der Waals surface area contributed by atoms with Crippen molar-refractivity contribution in [2.75, 3.05) is 19.8 Å². The van der Waals surface area contributed by atoms with Crippen molar-refractivity contribution in [3.05, 3.63) is 74.6 Å². The number of halogens is 1. The Morgan fingerprint density at radius 1 is 0.967 bits per heavy atom. The molecule has 1 aliphatic heterocycles. The lowest BCUT2D eigenvalue weighted by Gasteiger charge is -2.37. The number of H-pyrrole nitrogens is 2. The minimum Gasteiger partial charge on any atom is -0.381 e. The maximum atomic E-state index is 13.4. The molecule has 2 heterocycles. The summed E-state index contributed by atoms with van der Waals surface area (Å²) in [5.74, 6) is -0.357. The van der Waals surface area contributed by atoms with E-state index in [9.17, 15) is 22.4 Å². The molecule has 2 aromatic carbocycles. The second-order valence-corrected chi connectivity index (χ2v) is 9.11. The molecular formula is C20H20FN3O5S. The van der Waals surface area contributed by atoms with Crippen molar-refractivity contribution in [2.45, 2.75) is 23.2 Å². The number of fused-ring (bicyclic) bond motifs is 1. The van der Waals surface area contributed by atoms with Crippen LogP contribution < -0.4 is 15.8 Å². The lowest BCUT2D eigenvalue weighted by molar-refractivity contribution is 0.0517. The Balaban J connectivity index is 1.64. The maximum absolute atomic E-state index is 13.4. The Morgan fingerprint density at radius 2 is 1.60 bits per heavy atom. The van der Waals surface area contributed by atoms with E-state index in [1.54, 1.807) is 12.1 Å². The average molecular weight is 433 g/mol. The van der Waals surface area contributed by atoms with Crippen molar-refractivity contribution >= 4 is 21.1 Å². The molecule has 0 spiro atoms. The first-order valence-corrected chi connectivity index (χ1v) is 10.9. The third-order valence-corrected chi connectivity index (χ3v) is 6.91. The maximum Gasteiger partial charge on any atom is 0.314 e. The molecule has 1 aromatic heterocycles. The lowest BCUT2D eigenvalue weighted by atomic mass is 9.74. The molecule has 1 aliphatic rings. The number of hydrogen-bond acceptors (Lipinski definition) is 5. The Bertz CT molecular complexity index is 1290. The van der Waals surface area contributed by atoms with Crippen LogP contribution in [0.3, 0.4) is 0 Å². The topological polar surface area (TPSA) is 121 Å². The van der Waals surface area contributed by atoms with Gasteiger partial charge < -0.3 is 14.7 Å². The summed E-state index contributed by atoms with van der Waals surface area (Å²) in [4.78, 5) is 27.7. The molecule has 0 aliphatic carbocycles. The average Bonchev–Trinajstić information content (AvgIpc) is 2.74.